The van der Waals surface area contributed by atoms with E-state index < -0.39 is 0 Å². The second-order valence-electron chi connectivity index (χ2n) is 6.47. The summed E-state index contributed by atoms with van der Waals surface area (Å²) in [4.78, 5) is 0. The molecule has 0 heterocycles. The van der Waals surface area contributed by atoms with Gasteiger partial charge in [0, 0.05) is 0 Å². The molecular weight excluding hydrogens is 230 g/mol. The Morgan fingerprint density at radius 1 is 1.26 bits per heavy atom. The molecule has 2 rings (SSSR count). The third kappa shape index (κ3) is 3.18. The van der Waals surface area contributed by atoms with Gasteiger partial charge in [0.1, 0.15) is 0 Å². The predicted molar refractivity (Wildman–Crippen MR) is 79.8 cm³/mol. The van der Waals surface area contributed by atoms with Gasteiger partial charge in [-0.25, -0.2) is 0 Å². The van der Waals surface area contributed by atoms with E-state index in [4.69, 9.17) is 5.26 Å². The van der Waals surface area contributed by atoms with Gasteiger partial charge in [-0.1, -0.05) is 51.5 Å². The lowest BCUT2D eigenvalue weighted by Crippen LogP contribution is -2.26. The average molecular weight is 255 g/mol. The third-order valence-corrected chi connectivity index (χ3v) is 4.75. The number of nitriles is 1. The van der Waals surface area contributed by atoms with Gasteiger partial charge in [-0.2, -0.15) is 5.26 Å². The molecule has 1 fully saturated rings. The molecule has 0 aliphatic heterocycles. The van der Waals surface area contributed by atoms with Crippen LogP contribution in [0.4, 0.5) is 0 Å². The first-order chi connectivity index (χ1) is 9.13. The molecular formula is C18H25N. The summed E-state index contributed by atoms with van der Waals surface area (Å²) in [6, 6.07) is 10.9. The van der Waals surface area contributed by atoms with Crippen molar-refractivity contribution in [3.8, 4) is 6.07 Å². The third-order valence-electron chi connectivity index (χ3n) is 4.75. The van der Waals surface area contributed by atoms with E-state index in [0.29, 0.717) is 12.3 Å². The van der Waals surface area contributed by atoms with Crippen LogP contribution in [0.5, 0.6) is 0 Å². The van der Waals surface area contributed by atoms with Crippen molar-refractivity contribution in [1.82, 2.24) is 0 Å². The van der Waals surface area contributed by atoms with E-state index in [0.717, 1.165) is 17.8 Å². The monoisotopic (exact) mass is 255 g/mol. The Labute approximate surface area is 117 Å². The zero-order valence-corrected chi connectivity index (χ0v) is 12.4. The zero-order chi connectivity index (χ0) is 13.8. The standard InChI is InChI=1S/C18H25N/c1-13(2)16-9-8-14(3)12-18(16)17-7-5-4-6-15(17)10-11-19/h4-7,13-14,16,18H,8-10,12H2,1-3H3. The van der Waals surface area contributed by atoms with Crippen molar-refractivity contribution in [2.45, 2.75) is 52.4 Å². The summed E-state index contributed by atoms with van der Waals surface area (Å²) in [5, 5.41) is 9.02. The fourth-order valence-electron chi connectivity index (χ4n) is 3.70. The summed E-state index contributed by atoms with van der Waals surface area (Å²) < 4.78 is 0. The van der Waals surface area contributed by atoms with Crippen LogP contribution in [0.1, 0.15) is 57.1 Å². The van der Waals surface area contributed by atoms with E-state index in [2.05, 4.69) is 51.1 Å². The van der Waals surface area contributed by atoms with Crippen LogP contribution in [-0.4, -0.2) is 0 Å². The van der Waals surface area contributed by atoms with E-state index in [-0.39, 0.29) is 0 Å². The predicted octanol–water partition coefficient (Wildman–Crippen LogP) is 4.93. The summed E-state index contributed by atoms with van der Waals surface area (Å²) >= 11 is 0. The highest BCUT2D eigenvalue weighted by atomic mass is 14.4. The van der Waals surface area contributed by atoms with Crippen LogP contribution < -0.4 is 0 Å². The maximum Gasteiger partial charge on any atom is 0.0669 e. The Hall–Kier alpha value is -1.29. The fraction of sp³-hybridized carbons (Fsp3) is 0.611. The minimum absolute atomic E-state index is 0.547. The second kappa shape index (κ2) is 6.24. The van der Waals surface area contributed by atoms with Crippen LogP contribution in [0, 0.1) is 29.1 Å². The Morgan fingerprint density at radius 3 is 2.68 bits per heavy atom. The molecule has 0 N–H and O–H groups in total. The maximum atomic E-state index is 9.02. The van der Waals surface area contributed by atoms with E-state index in [1.807, 2.05) is 0 Å². The minimum atomic E-state index is 0.547. The molecule has 0 spiro atoms. The Bertz CT molecular complexity index is 455. The van der Waals surface area contributed by atoms with Crippen LogP contribution in [-0.2, 0) is 6.42 Å². The SMILES string of the molecule is CC1CCC(C(C)C)C(c2ccccc2CC#N)C1. The van der Waals surface area contributed by atoms with Crippen LogP contribution in [0.2, 0.25) is 0 Å². The smallest absolute Gasteiger partial charge is 0.0669 e. The van der Waals surface area contributed by atoms with Crippen molar-refractivity contribution in [3.63, 3.8) is 0 Å². The van der Waals surface area contributed by atoms with Crippen molar-refractivity contribution < 1.29 is 0 Å². The number of nitrogens with zero attached hydrogens (tertiary/aromatic N) is 1. The molecule has 1 saturated carbocycles. The summed E-state index contributed by atoms with van der Waals surface area (Å²) in [5.41, 5.74) is 2.68. The first-order valence-electron chi connectivity index (χ1n) is 7.58. The minimum Gasteiger partial charge on any atom is -0.198 e. The lowest BCUT2D eigenvalue weighted by Gasteiger charge is -2.38. The average Bonchev–Trinajstić information content (AvgIpc) is 2.39. The first-order valence-corrected chi connectivity index (χ1v) is 7.58. The molecule has 19 heavy (non-hydrogen) atoms. The summed E-state index contributed by atoms with van der Waals surface area (Å²) in [5.74, 6) is 2.96. The quantitative estimate of drug-likeness (QED) is 0.751. The molecule has 1 aromatic carbocycles. The molecule has 3 atom stereocenters. The summed E-state index contributed by atoms with van der Waals surface area (Å²) in [7, 11) is 0. The molecule has 1 aliphatic rings. The molecule has 3 unspecified atom stereocenters. The van der Waals surface area contributed by atoms with Gasteiger partial charge >= 0.3 is 0 Å². The normalized spacial score (nSPS) is 27.2. The molecule has 0 amide bonds. The zero-order valence-electron chi connectivity index (χ0n) is 12.4. The molecule has 1 nitrogen and oxygen atoms in total. The summed E-state index contributed by atoms with van der Waals surface area (Å²) in [6.07, 6.45) is 4.53. The van der Waals surface area contributed by atoms with Crippen LogP contribution in [0.25, 0.3) is 0 Å². The van der Waals surface area contributed by atoms with E-state index in [1.54, 1.807) is 0 Å². The maximum absolute atomic E-state index is 9.02. The second-order valence-corrected chi connectivity index (χ2v) is 6.47. The van der Waals surface area contributed by atoms with Gasteiger partial charge in [-0.3, -0.25) is 0 Å². The Balaban J connectivity index is 2.33. The molecule has 1 aliphatic carbocycles. The molecule has 1 aromatic rings. The van der Waals surface area contributed by atoms with Gasteiger partial charge in [0.25, 0.3) is 0 Å². The molecule has 0 saturated heterocycles. The molecule has 0 bridgehead atoms. The van der Waals surface area contributed by atoms with Crippen molar-refractivity contribution in [1.29, 1.82) is 5.26 Å². The number of hydrogen-bond donors (Lipinski definition) is 0. The first kappa shape index (κ1) is 14.1. The van der Waals surface area contributed by atoms with E-state index >= 15 is 0 Å². The van der Waals surface area contributed by atoms with E-state index in [1.165, 1.54) is 30.4 Å². The molecule has 102 valence electrons. The van der Waals surface area contributed by atoms with Crippen molar-refractivity contribution >= 4 is 0 Å². The highest BCUT2D eigenvalue weighted by Crippen LogP contribution is 2.44. The van der Waals surface area contributed by atoms with Crippen molar-refractivity contribution in [2.24, 2.45) is 17.8 Å². The Kier molecular flexibility index (Phi) is 4.64. The number of rotatable bonds is 3. The molecule has 1 heteroatoms. The lowest BCUT2D eigenvalue weighted by molar-refractivity contribution is 0.197. The molecule has 0 radical (unpaired) electrons. The van der Waals surface area contributed by atoms with Gasteiger partial charge in [-0.05, 0) is 47.6 Å². The topological polar surface area (TPSA) is 23.8 Å². The van der Waals surface area contributed by atoms with Crippen molar-refractivity contribution in [3.05, 3.63) is 35.4 Å². The highest BCUT2D eigenvalue weighted by Gasteiger charge is 2.32. The van der Waals surface area contributed by atoms with Crippen LogP contribution in [0.3, 0.4) is 0 Å². The van der Waals surface area contributed by atoms with Crippen LogP contribution >= 0.6 is 0 Å². The number of hydrogen-bond acceptors (Lipinski definition) is 1. The van der Waals surface area contributed by atoms with Gasteiger partial charge in [0.15, 0.2) is 0 Å². The number of benzene rings is 1. The van der Waals surface area contributed by atoms with Gasteiger partial charge < -0.3 is 0 Å². The van der Waals surface area contributed by atoms with Crippen LogP contribution in [0.15, 0.2) is 24.3 Å². The Morgan fingerprint density at radius 2 is 2.00 bits per heavy atom. The largest absolute Gasteiger partial charge is 0.198 e. The lowest BCUT2D eigenvalue weighted by atomic mass is 9.67. The van der Waals surface area contributed by atoms with Gasteiger partial charge in [0.05, 0.1) is 12.5 Å². The van der Waals surface area contributed by atoms with Gasteiger partial charge in [-0.15, -0.1) is 0 Å². The van der Waals surface area contributed by atoms with Crippen molar-refractivity contribution in [2.75, 3.05) is 0 Å². The van der Waals surface area contributed by atoms with E-state index in [9.17, 15) is 0 Å². The summed E-state index contributed by atoms with van der Waals surface area (Å²) in [6.45, 7) is 7.07. The molecule has 0 aromatic heterocycles. The fourth-order valence-corrected chi connectivity index (χ4v) is 3.70. The highest BCUT2D eigenvalue weighted by molar-refractivity contribution is 5.33. The van der Waals surface area contributed by atoms with Gasteiger partial charge in [0.2, 0.25) is 0 Å².